The fourth-order valence-corrected chi connectivity index (χ4v) is 7.44. The molecule has 0 fully saturated rings. The van der Waals surface area contributed by atoms with Gasteiger partial charge in [-0.05, 0) is 89.1 Å². The van der Waals surface area contributed by atoms with Gasteiger partial charge in [-0.1, -0.05) is 268 Å². The number of aryl methyl sites for hydroxylation is 3. The Kier molecular flexibility index (Phi) is 35.6. The zero-order valence-corrected chi connectivity index (χ0v) is 46.0. The van der Waals surface area contributed by atoms with E-state index in [1.54, 1.807) is 0 Å². The van der Waals surface area contributed by atoms with Gasteiger partial charge in [0.05, 0.1) is 0 Å². The number of hydrogen-bond donors (Lipinski definition) is 0. The molecule has 0 spiro atoms. The number of hydrogen-bond acceptors (Lipinski definition) is 0. The Bertz CT molecular complexity index is 2570. The first-order valence-corrected chi connectivity index (χ1v) is 25.8. The van der Waals surface area contributed by atoms with Crippen LogP contribution in [0.3, 0.4) is 0 Å². The third-order valence-electron chi connectivity index (χ3n) is 9.95. The lowest BCUT2D eigenvalue weighted by molar-refractivity contribution is 0.827. The fourth-order valence-electron chi connectivity index (χ4n) is 7.44. The van der Waals surface area contributed by atoms with Crippen LogP contribution in [0, 0.1) is 13.8 Å². The van der Waals surface area contributed by atoms with E-state index < -0.39 is 0 Å². The zero-order valence-electron chi connectivity index (χ0n) is 46.0. The molecule has 0 N–H and O–H groups in total. The van der Waals surface area contributed by atoms with Gasteiger partial charge in [-0.3, -0.25) is 0 Å². The number of aromatic nitrogens is 2. The molecule has 2 heteroatoms. The Balaban J connectivity index is 0.000000861. The van der Waals surface area contributed by atoms with E-state index in [2.05, 4.69) is 194 Å². The summed E-state index contributed by atoms with van der Waals surface area (Å²) < 4.78 is 4.80. The lowest BCUT2D eigenvalue weighted by atomic mass is 10.1. The number of para-hydroxylation sites is 4. The highest BCUT2D eigenvalue weighted by Gasteiger charge is 2.10. The molecule has 0 aliphatic rings. The van der Waals surface area contributed by atoms with E-state index in [0.29, 0.717) is 0 Å². The Morgan fingerprint density at radius 2 is 0.580 bits per heavy atom. The normalized spacial score (nSPS) is 9.99. The molecule has 69 heavy (non-hydrogen) atoms. The van der Waals surface area contributed by atoms with Gasteiger partial charge in [0.1, 0.15) is 0 Å². The largest absolute Gasteiger partial charge is 0.341 e. The number of benzene rings is 7. The van der Waals surface area contributed by atoms with Gasteiger partial charge in [-0.15, -0.1) is 0 Å². The highest BCUT2D eigenvalue weighted by atomic mass is 15.0. The van der Waals surface area contributed by atoms with Gasteiger partial charge >= 0.3 is 0 Å². The molecule has 0 atom stereocenters. The van der Waals surface area contributed by atoms with E-state index in [1.165, 1.54) is 71.1 Å². The van der Waals surface area contributed by atoms with E-state index in [1.807, 2.05) is 146 Å². The second kappa shape index (κ2) is 39.4. The molecule has 2 heterocycles. The van der Waals surface area contributed by atoms with Crippen molar-refractivity contribution in [3.05, 3.63) is 229 Å². The molecule has 0 radical (unpaired) electrons. The smallest absolute Gasteiger partial charge is 0.0494 e. The third kappa shape index (κ3) is 20.2. The van der Waals surface area contributed by atoms with Crippen LogP contribution in [0.5, 0.6) is 0 Å². The molecule has 7 aromatic carbocycles. The van der Waals surface area contributed by atoms with E-state index in [4.69, 9.17) is 0 Å². The lowest BCUT2D eigenvalue weighted by Gasteiger charge is -2.09. The van der Waals surface area contributed by atoms with Crippen molar-refractivity contribution in [1.82, 2.24) is 9.13 Å². The number of rotatable bonds is 5. The molecule has 9 rings (SSSR count). The maximum absolute atomic E-state index is 2.43. The predicted molar refractivity (Wildman–Crippen MR) is 320 cm³/mol. The SMILES string of the molecule is C/C=C\C=C/C.C/C=C\C=C/C.CC.CC.CC.CC.CC.CCn1c2ccccc2c2ccccc21.Cc1cc(C)cc(Cn2c3ccccc3c3ccccc32)c1.c1ccc2ccccc2c1. The summed E-state index contributed by atoms with van der Waals surface area (Å²) in [5, 5.41) is 8.00. The standard InChI is InChI=1S/C21H19N.C14H13N.C10H8.2C6H10.5C2H6/c1-15-11-16(2)13-17(12-15)14-22-20-9-5-3-7-18(20)19-8-4-6-10-21(19)22;1-2-15-13-9-5-3-7-11(13)12-8-4-6-10-14(12)15;1-2-6-10-8-4-3-7-9(10)5-1;2*1-3-5-6-4-2;5*1-2/h3-13H,14H2,1-2H3;3-10H,2H2,1H3;1-8H;2*3-6H,1-2H3;5*1-2H3/b;;;2*5-3-,6-4-;;;;;. The lowest BCUT2D eigenvalue weighted by Crippen LogP contribution is -2.00. The monoisotopic (exact) mass is 923 g/mol. The van der Waals surface area contributed by atoms with Crippen LogP contribution in [-0.2, 0) is 13.1 Å². The zero-order chi connectivity index (χ0) is 51.8. The summed E-state index contributed by atoms with van der Waals surface area (Å²) in [6, 6.07) is 58.1. The van der Waals surface area contributed by atoms with Crippen LogP contribution >= 0.6 is 0 Å². The summed E-state index contributed by atoms with van der Waals surface area (Å²) in [5.74, 6) is 0. The van der Waals surface area contributed by atoms with Crippen molar-refractivity contribution in [3.8, 4) is 0 Å². The second-order valence-electron chi connectivity index (χ2n) is 14.3. The summed E-state index contributed by atoms with van der Waals surface area (Å²) in [4.78, 5) is 0. The molecular formula is C67H90N2. The molecule has 0 unspecified atom stereocenters. The Hall–Kier alpha value is -6.64. The molecule has 0 aliphatic carbocycles. The maximum atomic E-state index is 2.43. The van der Waals surface area contributed by atoms with Gasteiger partial charge in [-0.2, -0.15) is 0 Å². The van der Waals surface area contributed by atoms with Crippen molar-refractivity contribution in [2.45, 2.75) is 131 Å². The highest BCUT2D eigenvalue weighted by molar-refractivity contribution is 6.08. The molecule has 0 saturated carbocycles. The summed E-state index contributed by atoms with van der Waals surface area (Å²) in [6.45, 7) is 36.5. The predicted octanol–water partition coefficient (Wildman–Crippen LogP) is 21.5. The van der Waals surface area contributed by atoms with Gasteiger partial charge in [0.25, 0.3) is 0 Å². The minimum atomic E-state index is 0.913. The van der Waals surface area contributed by atoms with E-state index in [0.717, 1.165) is 13.1 Å². The van der Waals surface area contributed by atoms with Gasteiger partial charge in [-0.25, -0.2) is 0 Å². The van der Waals surface area contributed by atoms with Gasteiger partial charge in [0.15, 0.2) is 0 Å². The van der Waals surface area contributed by atoms with Crippen molar-refractivity contribution >= 4 is 54.4 Å². The second-order valence-corrected chi connectivity index (χ2v) is 14.3. The first-order chi connectivity index (χ1) is 33.9. The maximum Gasteiger partial charge on any atom is 0.0494 e. The molecule has 0 aliphatic heterocycles. The molecule has 0 saturated heterocycles. The topological polar surface area (TPSA) is 9.86 Å². The molecule has 2 nitrogen and oxygen atoms in total. The highest BCUT2D eigenvalue weighted by Crippen LogP contribution is 2.30. The average Bonchev–Trinajstić information content (AvgIpc) is 3.92. The summed E-state index contributed by atoms with van der Waals surface area (Å²) in [7, 11) is 0. The molecule has 368 valence electrons. The minimum Gasteiger partial charge on any atom is -0.341 e. The van der Waals surface area contributed by atoms with E-state index >= 15 is 0 Å². The van der Waals surface area contributed by atoms with Gasteiger partial charge in [0.2, 0.25) is 0 Å². The van der Waals surface area contributed by atoms with Crippen molar-refractivity contribution in [3.63, 3.8) is 0 Å². The quantitative estimate of drug-likeness (QED) is 0.152. The number of nitrogens with zero attached hydrogens (tertiary/aromatic N) is 2. The molecular weight excluding hydrogens is 833 g/mol. The number of allylic oxidation sites excluding steroid dienone is 8. The number of fused-ring (bicyclic) bond motifs is 7. The van der Waals surface area contributed by atoms with Gasteiger partial charge < -0.3 is 9.13 Å². The van der Waals surface area contributed by atoms with E-state index in [9.17, 15) is 0 Å². The average molecular weight is 923 g/mol. The molecule has 0 bridgehead atoms. The first-order valence-electron chi connectivity index (χ1n) is 25.8. The van der Waals surface area contributed by atoms with Crippen LogP contribution in [0.15, 0.2) is 212 Å². The van der Waals surface area contributed by atoms with Crippen molar-refractivity contribution < 1.29 is 0 Å². The van der Waals surface area contributed by atoms with Crippen LogP contribution in [0.4, 0.5) is 0 Å². The third-order valence-corrected chi connectivity index (χ3v) is 9.95. The van der Waals surface area contributed by atoms with Gasteiger partial charge in [0, 0.05) is 56.7 Å². The van der Waals surface area contributed by atoms with Crippen LogP contribution in [0.25, 0.3) is 54.4 Å². The summed E-state index contributed by atoms with van der Waals surface area (Å²) >= 11 is 0. The Morgan fingerprint density at radius 3 is 0.841 bits per heavy atom. The van der Waals surface area contributed by atoms with Crippen LogP contribution < -0.4 is 0 Å². The van der Waals surface area contributed by atoms with Crippen molar-refractivity contribution in [1.29, 1.82) is 0 Å². The van der Waals surface area contributed by atoms with Crippen LogP contribution in [0.1, 0.15) is 121 Å². The Labute approximate surface area is 421 Å². The van der Waals surface area contributed by atoms with Crippen LogP contribution in [-0.4, -0.2) is 9.13 Å². The molecule has 9 aromatic rings. The fraction of sp³-hybridized carbons (Fsp3) is 0.284. The molecule has 2 aromatic heterocycles. The minimum absolute atomic E-state index is 0.913. The Morgan fingerprint density at radius 1 is 0.333 bits per heavy atom. The van der Waals surface area contributed by atoms with Crippen LogP contribution in [0.2, 0.25) is 0 Å². The summed E-state index contributed by atoms with van der Waals surface area (Å²) in [6.07, 6.45) is 16.0. The van der Waals surface area contributed by atoms with Crippen molar-refractivity contribution in [2.24, 2.45) is 0 Å². The van der Waals surface area contributed by atoms with E-state index in [-0.39, 0.29) is 0 Å². The first kappa shape index (κ1) is 62.4. The summed E-state index contributed by atoms with van der Waals surface area (Å²) in [5.41, 5.74) is 9.31. The van der Waals surface area contributed by atoms with Crippen molar-refractivity contribution in [2.75, 3.05) is 0 Å². The molecule has 0 amide bonds.